The van der Waals surface area contributed by atoms with Crippen LogP contribution in [0.4, 0.5) is 18.9 Å². The highest BCUT2D eigenvalue weighted by molar-refractivity contribution is 5.99. The highest BCUT2D eigenvalue weighted by atomic mass is 19.4. The Bertz CT molecular complexity index is 1240. The summed E-state index contributed by atoms with van der Waals surface area (Å²) in [5.74, 6) is -0.942. The van der Waals surface area contributed by atoms with Crippen LogP contribution in [-0.2, 0) is 17.5 Å². The third kappa shape index (κ3) is 5.79. The van der Waals surface area contributed by atoms with E-state index in [0.29, 0.717) is 23.6 Å². The van der Waals surface area contributed by atoms with Gasteiger partial charge in [0.1, 0.15) is 11.8 Å². The summed E-state index contributed by atoms with van der Waals surface area (Å²) >= 11 is 0. The summed E-state index contributed by atoms with van der Waals surface area (Å²) in [6.07, 6.45) is 1.41. The number of furan rings is 1. The van der Waals surface area contributed by atoms with Crippen LogP contribution in [0.3, 0.4) is 0 Å². The van der Waals surface area contributed by atoms with Crippen LogP contribution in [0.5, 0.6) is 0 Å². The minimum Gasteiger partial charge on any atom is -0.456 e. The smallest absolute Gasteiger partial charge is 0.449 e. The summed E-state index contributed by atoms with van der Waals surface area (Å²) in [6.45, 7) is 1.17. The molecule has 0 radical (unpaired) electrons. The van der Waals surface area contributed by atoms with E-state index in [1.807, 2.05) is 24.3 Å². The third-order valence-corrected chi connectivity index (χ3v) is 6.63. The van der Waals surface area contributed by atoms with E-state index in [4.69, 9.17) is 4.42 Å². The minimum atomic E-state index is -4.63. The van der Waals surface area contributed by atoms with Gasteiger partial charge in [0, 0.05) is 28.6 Å². The minimum absolute atomic E-state index is 0.0939. The van der Waals surface area contributed by atoms with E-state index in [9.17, 15) is 23.2 Å². The van der Waals surface area contributed by atoms with Crippen LogP contribution >= 0.6 is 0 Å². The molecule has 1 aromatic heterocycles. The van der Waals surface area contributed by atoms with Crippen LogP contribution in [0.25, 0.3) is 10.8 Å². The van der Waals surface area contributed by atoms with Crippen molar-refractivity contribution in [2.45, 2.75) is 64.2 Å². The molecule has 0 saturated heterocycles. The average Bonchev–Trinajstić information content (AvgIpc) is 3.24. The van der Waals surface area contributed by atoms with Gasteiger partial charge in [-0.1, -0.05) is 56.4 Å². The average molecular weight is 484 g/mol. The van der Waals surface area contributed by atoms with Crippen molar-refractivity contribution in [3.05, 3.63) is 65.1 Å². The van der Waals surface area contributed by atoms with Gasteiger partial charge in [-0.2, -0.15) is 18.4 Å². The number of fused-ring (bicyclic) bond motifs is 1. The van der Waals surface area contributed by atoms with Gasteiger partial charge in [-0.05, 0) is 37.5 Å². The van der Waals surface area contributed by atoms with Crippen molar-refractivity contribution < 1.29 is 22.4 Å². The predicted molar refractivity (Wildman–Crippen MR) is 128 cm³/mol. The van der Waals surface area contributed by atoms with E-state index < -0.39 is 18.0 Å². The second kappa shape index (κ2) is 10.4. The molecule has 4 rings (SSSR count). The van der Waals surface area contributed by atoms with Crippen LogP contribution in [0.15, 0.2) is 46.9 Å². The van der Waals surface area contributed by atoms with Crippen LogP contribution in [0.1, 0.15) is 61.2 Å². The topological polar surface area (TPSA) is 78.1 Å². The number of halogens is 3. The van der Waals surface area contributed by atoms with Crippen molar-refractivity contribution >= 4 is 22.4 Å². The molecule has 0 bridgehead atoms. The number of alkyl halides is 3. The Morgan fingerprint density at radius 3 is 2.54 bits per heavy atom. The molecule has 1 aliphatic carbocycles. The largest absolute Gasteiger partial charge is 0.456 e. The van der Waals surface area contributed by atoms with Gasteiger partial charge in [0.25, 0.3) is 0 Å². The summed E-state index contributed by atoms with van der Waals surface area (Å²) in [6, 6.07) is 13.8. The van der Waals surface area contributed by atoms with Gasteiger partial charge >= 0.3 is 6.18 Å². The second-order valence-corrected chi connectivity index (χ2v) is 9.18. The molecule has 8 heteroatoms. The lowest BCUT2D eigenvalue weighted by Gasteiger charge is -2.27. The summed E-state index contributed by atoms with van der Waals surface area (Å²) in [5, 5.41) is 17.1. The summed E-state index contributed by atoms with van der Waals surface area (Å²) < 4.78 is 44.8. The quantitative estimate of drug-likeness (QED) is 0.392. The van der Waals surface area contributed by atoms with E-state index in [1.54, 1.807) is 12.1 Å². The summed E-state index contributed by atoms with van der Waals surface area (Å²) in [4.78, 5) is 13.3. The number of hydrogen-bond donors (Lipinski definition) is 2. The molecule has 3 aromatic rings. The Morgan fingerprint density at radius 2 is 1.86 bits per heavy atom. The van der Waals surface area contributed by atoms with Crippen molar-refractivity contribution in [2.75, 3.05) is 5.32 Å². The number of anilines is 1. The number of hydrogen-bond acceptors (Lipinski definition) is 4. The second-order valence-electron chi connectivity index (χ2n) is 9.18. The highest BCUT2D eigenvalue weighted by Crippen LogP contribution is 2.34. The number of carbonyl (C=O) groups excluding carboxylic acids is 1. The first-order valence-electron chi connectivity index (χ1n) is 11.9. The zero-order valence-corrected chi connectivity index (χ0v) is 19.5. The maximum absolute atomic E-state index is 13.3. The Balaban J connectivity index is 1.57. The van der Waals surface area contributed by atoms with Crippen LogP contribution in [-0.4, -0.2) is 11.9 Å². The number of nitrogens with one attached hydrogen (secondary N) is 2. The SMILES string of the molecule is Cc1cc(CNC(=O)[C@H](CC2CCCCC2)Nc2ccc(C#N)c3ccccc23)c(C(F)(F)F)o1. The number of amides is 1. The molecule has 1 saturated carbocycles. The molecule has 5 nitrogen and oxygen atoms in total. The Hall–Kier alpha value is -3.47. The molecule has 1 atom stereocenters. The van der Waals surface area contributed by atoms with Crippen LogP contribution < -0.4 is 10.6 Å². The van der Waals surface area contributed by atoms with Crippen molar-refractivity contribution in [3.63, 3.8) is 0 Å². The predicted octanol–water partition coefficient (Wildman–Crippen LogP) is 6.70. The molecule has 0 spiro atoms. The molecule has 35 heavy (non-hydrogen) atoms. The van der Waals surface area contributed by atoms with Gasteiger partial charge in [0.15, 0.2) is 0 Å². The molecule has 1 amide bonds. The van der Waals surface area contributed by atoms with Crippen LogP contribution in [0.2, 0.25) is 0 Å². The molecule has 0 aliphatic heterocycles. The van der Waals surface area contributed by atoms with E-state index >= 15 is 0 Å². The lowest BCUT2D eigenvalue weighted by atomic mass is 9.84. The number of rotatable bonds is 7. The Morgan fingerprint density at radius 1 is 1.14 bits per heavy atom. The fourth-order valence-electron chi connectivity index (χ4n) is 4.94. The molecular formula is C27H28F3N3O2. The van der Waals surface area contributed by atoms with E-state index in [1.165, 1.54) is 19.4 Å². The highest BCUT2D eigenvalue weighted by Gasteiger charge is 2.38. The molecular weight excluding hydrogens is 455 g/mol. The first-order valence-corrected chi connectivity index (χ1v) is 11.9. The van der Waals surface area contributed by atoms with Gasteiger partial charge < -0.3 is 15.1 Å². The van der Waals surface area contributed by atoms with Crippen molar-refractivity contribution in [1.29, 1.82) is 5.26 Å². The van der Waals surface area contributed by atoms with Crippen molar-refractivity contribution in [1.82, 2.24) is 5.32 Å². The van der Waals surface area contributed by atoms with E-state index in [-0.39, 0.29) is 23.8 Å². The third-order valence-electron chi connectivity index (χ3n) is 6.63. The molecule has 1 fully saturated rings. The van der Waals surface area contributed by atoms with Crippen molar-refractivity contribution in [3.8, 4) is 6.07 Å². The number of nitrogens with zero attached hydrogens (tertiary/aromatic N) is 1. The van der Waals surface area contributed by atoms with Gasteiger partial charge in [-0.25, -0.2) is 0 Å². The maximum Gasteiger partial charge on any atom is 0.449 e. The maximum atomic E-state index is 13.3. The lowest BCUT2D eigenvalue weighted by Crippen LogP contribution is -2.41. The molecule has 1 aliphatic rings. The zero-order chi connectivity index (χ0) is 25.0. The monoisotopic (exact) mass is 483 g/mol. The normalized spacial score (nSPS) is 15.5. The standard InChI is InChI=1S/C27H28F3N3O2/c1-17-13-20(25(35-17)27(28,29)30)16-32-26(34)24(14-18-7-3-2-4-8-18)33-23-12-11-19(15-31)21-9-5-6-10-22(21)23/h5-6,9-13,18,24,33H,2-4,7-8,14,16H2,1H3,(H,32,34)/t24-/m0/s1. The van der Waals surface area contributed by atoms with Gasteiger partial charge in [-0.3, -0.25) is 4.79 Å². The Labute approximate surface area is 202 Å². The summed E-state index contributed by atoms with van der Waals surface area (Å²) in [5.41, 5.74) is 1.16. The number of benzene rings is 2. The van der Waals surface area contributed by atoms with Crippen molar-refractivity contribution in [2.24, 2.45) is 5.92 Å². The lowest BCUT2D eigenvalue weighted by molar-refractivity contribution is -0.154. The van der Waals surface area contributed by atoms with E-state index in [2.05, 4.69) is 16.7 Å². The first kappa shape index (κ1) is 24.6. The number of nitriles is 1. The molecule has 2 aromatic carbocycles. The number of aryl methyl sites for hydroxylation is 1. The van der Waals surface area contributed by atoms with Gasteiger partial charge in [0.05, 0.1) is 11.6 Å². The van der Waals surface area contributed by atoms with Crippen LogP contribution in [0, 0.1) is 24.2 Å². The Kier molecular flexibility index (Phi) is 7.34. The fraction of sp³-hybridized carbons (Fsp3) is 0.407. The van der Waals surface area contributed by atoms with E-state index in [0.717, 1.165) is 36.5 Å². The van der Waals surface area contributed by atoms with Gasteiger partial charge in [-0.15, -0.1) is 0 Å². The zero-order valence-electron chi connectivity index (χ0n) is 19.5. The molecule has 2 N–H and O–H groups in total. The fourth-order valence-corrected chi connectivity index (χ4v) is 4.94. The first-order chi connectivity index (χ1) is 16.8. The van der Waals surface area contributed by atoms with Gasteiger partial charge in [0.2, 0.25) is 11.7 Å². The molecule has 0 unspecified atom stereocenters. The number of carbonyl (C=O) groups is 1. The summed E-state index contributed by atoms with van der Waals surface area (Å²) in [7, 11) is 0. The molecule has 1 heterocycles. The molecule has 184 valence electrons.